The fourth-order valence-corrected chi connectivity index (χ4v) is 3.17. The van der Waals surface area contributed by atoms with Crippen molar-refractivity contribution >= 4 is 0 Å². The molecular formula is C16H31N5. The van der Waals surface area contributed by atoms with Crippen LogP contribution >= 0.6 is 0 Å². The lowest BCUT2D eigenvalue weighted by atomic mass is 9.98. The van der Waals surface area contributed by atoms with Crippen LogP contribution in [0.25, 0.3) is 0 Å². The van der Waals surface area contributed by atoms with E-state index in [-0.39, 0.29) is 0 Å². The van der Waals surface area contributed by atoms with E-state index in [1.54, 1.807) is 0 Å². The van der Waals surface area contributed by atoms with Gasteiger partial charge >= 0.3 is 0 Å². The van der Waals surface area contributed by atoms with Gasteiger partial charge < -0.3 is 5.32 Å². The highest BCUT2D eigenvalue weighted by atomic mass is 15.4. The summed E-state index contributed by atoms with van der Waals surface area (Å²) in [6, 6.07) is 0.790. The highest BCUT2D eigenvalue weighted by Crippen LogP contribution is 2.20. The predicted molar refractivity (Wildman–Crippen MR) is 86.1 cm³/mol. The van der Waals surface area contributed by atoms with Crippen LogP contribution in [0.5, 0.6) is 0 Å². The lowest BCUT2D eigenvalue weighted by Crippen LogP contribution is -2.41. The first-order valence-electron chi connectivity index (χ1n) is 8.67. The molecule has 1 fully saturated rings. The summed E-state index contributed by atoms with van der Waals surface area (Å²) in [7, 11) is 0. The van der Waals surface area contributed by atoms with Gasteiger partial charge in [0.1, 0.15) is 0 Å². The van der Waals surface area contributed by atoms with E-state index in [4.69, 9.17) is 0 Å². The van der Waals surface area contributed by atoms with E-state index in [1.807, 2.05) is 4.68 Å². The van der Waals surface area contributed by atoms with E-state index >= 15 is 0 Å². The fourth-order valence-electron chi connectivity index (χ4n) is 3.17. The molecule has 0 aliphatic carbocycles. The van der Waals surface area contributed by atoms with E-state index in [1.165, 1.54) is 38.6 Å². The Morgan fingerprint density at radius 1 is 1.24 bits per heavy atom. The van der Waals surface area contributed by atoms with Crippen molar-refractivity contribution in [1.82, 2.24) is 25.2 Å². The second-order valence-corrected chi connectivity index (χ2v) is 6.12. The Bertz CT molecular complexity index is 388. The first-order valence-corrected chi connectivity index (χ1v) is 8.67. The highest BCUT2D eigenvalue weighted by Gasteiger charge is 2.21. The van der Waals surface area contributed by atoms with Gasteiger partial charge in [0, 0.05) is 25.3 Å². The van der Waals surface area contributed by atoms with Crippen LogP contribution < -0.4 is 5.32 Å². The Morgan fingerprint density at radius 2 is 2.14 bits per heavy atom. The van der Waals surface area contributed by atoms with Gasteiger partial charge in [-0.25, -0.2) is 0 Å². The molecule has 0 aromatic carbocycles. The average Bonchev–Trinajstić information content (AvgIpc) is 2.95. The first-order chi connectivity index (χ1) is 10.3. The number of nitrogens with one attached hydrogen (secondary N) is 1. The maximum absolute atomic E-state index is 4.25. The quantitative estimate of drug-likeness (QED) is 0.710. The van der Waals surface area contributed by atoms with Crippen molar-refractivity contribution in [1.29, 1.82) is 0 Å². The van der Waals surface area contributed by atoms with Crippen molar-refractivity contribution in [3.8, 4) is 0 Å². The van der Waals surface area contributed by atoms with Gasteiger partial charge in [0.15, 0.2) is 0 Å². The minimum absolute atomic E-state index is 0.790. The molecular weight excluding hydrogens is 262 g/mol. The lowest BCUT2D eigenvalue weighted by Gasteiger charge is -2.35. The molecule has 1 aromatic rings. The van der Waals surface area contributed by atoms with Crippen LogP contribution in [-0.4, -0.2) is 45.6 Å². The molecule has 1 atom stereocenters. The summed E-state index contributed by atoms with van der Waals surface area (Å²) >= 11 is 0. The molecule has 1 unspecified atom stereocenters. The normalized spacial score (nSPS) is 20.0. The van der Waals surface area contributed by atoms with Crippen molar-refractivity contribution in [3.05, 3.63) is 11.9 Å². The van der Waals surface area contributed by atoms with E-state index in [2.05, 4.69) is 40.6 Å². The number of rotatable bonds is 9. The molecule has 2 rings (SSSR count). The van der Waals surface area contributed by atoms with Crippen molar-refractivity contribution in [3.63, 3.8) is 0 Å². The van der Waals surface area contributed by atoms with Crippen molar-refractivity contribution in [2.45, 2.75) is 71.5 Å². The third-order valence-electron chi connectivity index (χ3n) is 4.31. The SMILES string of the molecule is CCCNCc1cn(CCN2CCCCC2CCC)nn1. The molecule has 1 N–H and O–H groups in total. The maximum atomic E-state index is 4.25. The predicted octanol–water partition coefficient (Wildman–Crippen LogP) is 2.43. The molecule has 5 nitrogen and oxygen atoms in total. The van der Waals surface area contributed by atoms with Gasteiger partial charge in [0.2, 0.25) is 0 Å². The molecule has 0 amide bonds. The molecule has 5 heteroatoms. The number of hydrogen-bond acceptors (Lipinski definition) is 4. The third-order valence-corrected chi connectivity index (χ3v) is 4.31. The number of aromatic nitrogens is 3. The minimum Gasteiger partial charge on any atom is -0.311 e. The zero-order valence-corrected chi connectivity index (χ0v) is 13.7. The van der Waals surface area contributed by atoms with E-state index < -0.39 is 0 Å². The largest absolute Gasteiger partial charge is 0.311 e. The zero-order valence-electron chi connectivity index (χ0n) is 13.7. The topological polar surface area (TPSA) is 46.0 Å². The average molecular weight is 293 g/mol. The van der Waals surface area contributed by atoms with Gasteiger partial charge in [-0.15, -0.1) is 5.10 Å². The molecule has 2 heterocycles. The zero-order chi connectivity index (χ0) is 14.9. The number of piperidine rings is 1. The molecule has 0 spiro atoms. The van der Waals surface area contributed by atoms with Gasteiger partial charge in [-0.3, -0.25) is 9.58 Å². The first kappa shape index (κ1) is 16.4. The van der Waals surface area contributed by atoms with Crippen molar-refractivity contribution in [2.24, 2.45) is 0 Å². The molecule has 1 saturated heterocycles. The standard InChI is InChI=1S/C16H31N5/c1-3-7-16-8-5-6-10-20(16)11-12-21-14-15(18-19-21)13-17-9-4-2/h14,16-17H,3-13H2,1-2H3. The minimum atomic E-state index is 0.790. The fraction of sp³-hybridized carbons (Fsp3) is 0.875. The summed E-state index contributed by atoms with van der Waals surface area (Å²) in [5, 5.41) is 11.9. The van der Waals surface area contributed by atoms with Crippen LogP contribution in [0.1, 0.15) is 58.1 Å². The molecule has 1 aliphatic heterocycles. The summed E-state index contributed by atoms with van der Waals surface area (Å²) in [6.45, 7) is 9.66. The summed E-state index contributed by atoms with van der Waals surface area (Å²) in [4.78, 5) is 2.66. The van der Waals surface area contributed by atoms with E-state index in [9.17, 15) is 0 Å². The smallest absolute Gasteiger partial charge is 0.0964 e. The summed E-state index contributed by atoms with van der Waals surface area (Å²) in [5.41, 5.74) is 1.05. The molecule has 1 aromatic heterocycles. The van der Waals surface area contributed by atoms with Gasteiger partial charge in [-0.2, -0.15) is 0 Å². The molecule has 0 bridgehead atoms. The van der Waals surface area contributed by atoms with Gasteiger partial charge in [0.05, 0.1) is 12.2 Å². The Labute approximate surface area is 129 Å². The van der Waals surface area contributed by atoms with Crippen LogP contribution in [0.15, 0.2) is 6.20 Å². The summed E-state index contributed by atoms with van der Waals surface area (Å²) in [5.74, 6) is 0. The Balaban J connectivity index is 1.76. The summed E-state index contributed by atoms with van der Waals surface area (Å²) in [6.07, 6.45) is 9.99. The maximum Gasteiger partial charge on any atom is 0.0964 e. The van der Waals surface area contributed by atoms with Crippen molar-refractivity contribution in [2.75, 3.05) is 19.6 Å². The summed E-state index contributed by atoms with van der Waals surface area (Å²) < 4.78 is 2.00. The third kappa shape index (κ3) is 5.40. The van der Waals surface area contributed by atoms with Crippen LogP contribution in [0, 0.1) is 0 Å². The Hall–Kier alpha value is -0.940. The van der Waals surface area contributed by atoms with Gasteiger partial charge in [-0.05, 0) is 38.8 Å². The lowest BCUT2D eigenvalue weighted by molar-refractivity contribution is 0.132. The van der Waals surface area contributed by atoms with Crippen LogP contribution in [0.4, 0.5) is 0 Å². The molecule has 0 saturated carbocycles. The van der Waals surface area contributed by atoms with Gasteiger partial charge in [0.25, 0.3) is 0 Å². The molecule has 21 heavy (non-hydrogen) atoms. The molecule has 0 radical (unpaired) electrons. The van der Waals surface area contributed by atoms with Crippen LogP contribution in [0.3, 0.4) is 0 Å². The van der Waals surface area contributed by atoms with E-state index in [0.717, 1.165) is 44.3 Å². The van der Waals surface area contributed by atoms with Crippen LogP contribution in [0.2, 0.25) is 0 Å². The van der Waals surface area contributed by atoms with E-state index in [0.29, 0.717) is 0 Å². The Morgan fingerprint density at radius 3 is 2.95 bits per heavy atom. The molecule has 1 aliphatic rings. The monoisotopic (exact) mass is 293 g/mol. The van der Waals surface area contributed by atoms with Gasteiger partial charge in [-0.1, -0.05) is 31.9 Å². The highest BCUT2D eigenvalue weighted by molar-refractivity contribution is 4.91. The molecule has 120 valence electrons. The number of hydrogen-bond donors (Lipinski definition) is 1. The second-order valence-electron chi connectivity index (χ2n) is 6.12. The second kappa shape index (κ2) is 9.15. The number of likely N-dealkylation sites (tertiary alicyclic amines) is 1. The van der Waals surface area contributed by atoms with Crippen LogP contribution in [-0.2, 0) is 13.1 Å². The number of nitrogens with zero attached hydrogens (tertiary/aromatic N) is 4. The Kier molecular flexibility index (Phi) is 7.16. The van der Waals surface area contributed by atoms with Crippen molar-refractivity contribution < 1.29 is 0 Å².